The topological polar surface area (TPSA) is 50.8 Å². The number of benzene rings is 1. The number of hydrogen-bond acceptors (Lipinski definition) is 5. The van der Waals surface area contributed by atoms with E-state index in [1.54, 1.807) is 7.11 Å². The fourth-order valence-corrected chi connectivity index (χ4v) is 3.26. The molecule has 5 heteroatoms. The third-order valence-corrected chi connectivity index (χ3v) is 4.40. The number of ether oxygens (including phenoxy) is 2. The minimum Gasteiger partial charge on any atom is -0.493 e. The quantitative estimate of drug-likeness (QED) is 0.666. The molecule has 0 radical (unpaired) electrons. The maximum Gasteiger partial charge on any atom is 0.308 e. The van der Waals surface area contributed by atoms with E-state index >= 15 is 0 Å². The molecule has 120 valence electrons. The van der Waals surface area contributed by atoms with Gasteiger partial charge in [-0.3, -0.25) is 9.69 Å². The highest BCUT2D eigenvalue weighted by molar-refractivity contribution is 5.70. The number of carbonyl (C=O) groups excluding carboxylic acids is 1. The van der Waals surface area contributed by atoms with Crippen molar-refractivity contribution in [1.29, 1.82) is 0 Å². The lowest BCUT2D eigenvalue weighted by Gasteiger charge is -2.35. The number of hydrogen-bond donors (Lipinski definition) is 1. The van der Waals surface area contributed by atoms with Crippen LogP contribution in [-0.2, 0) is 4.79 Å². The van der Waals surface area contributed by atoms with Gasteiger partial charge in [-0.1, -0.05) is 6.07 Å². The van der Waals surface area contributed by atoms with Crippen LogP contribution in [-0.4, -0.2) is 44.2 Å². The second-order valence-corrected chi connectivity index (χ2v) is 6.07. The van der Waals surface area contributed by atoms with E-state index in [1.807, 2.05) is 12.1 Å². The van der Waals surface area contributed by atoms with Crippen molar-refractivity contribution in [1.82, 2.24) is 10.2 Å². The van der Waals surface area contributed by atoms with Gasteiger partial charge in [0, 0.05) is 39.1 Å². The summed E-state index contributed by atoms with van der Waals surface area (Å²) in [5, 5.41) is 3.41. The van der Waals surface area contributed by atoms with Gasteiger partial charge in [0.15, 0.2) is 11.5 Å². The summed E-state index contributed by atoms with van der Waals surface area (Å²) in [6.45, 7) is 5.66. The van der Waals surface area contributed by atoms with E-state index in [2.05, 4.69) is 16.3 Å². The standard InChI is InChI=1S/C17H24N2O3/c1-12(20)22-15-6-5-14(11-16(15)21-2)17(13-3-4-13)19-9-7-18-8-10-19/h5-6,11,13,17-18H,3-4,7-10H2,1-2H3/t17-/m1/s1. The summed E-state index contributed by atoms with van der Waals surface area (Å²) in [6, 6.07) is 6.41. The summed E-state index contributed by atoms with van der Waals surface area (Å²) >= 11 is 0. The molecule has 0 bridgehead atoms. The number of rotatable bonds is 5. The van der Waals surface area contributed by atoms with Gasteiger partial charge in [-0.2, -0.15) is 0 Å². The Morgan fingerprint density at radius 2 is 2.00 bits per heavy atom. The summed E-state index contributed by atoms with van der Waals surface area (Å²) in [5.41, 5.74) is 1.26. The molecule has 1 aromatic carbocycles. The van der Waals surface area contributed by atoms with Gasteiger partial charge in [0.1, 0.15) is 0 Å². The minimum absolute atomic E-state index is 0.327. The second-order valence-electron chi connectivity index (χ2n) is 6.07. The first-order valence-electron chi connectivity index (χ1n) is 8.00. The van der Waals surface area contributed by atoms with Crippen molar-refractivity contribution >= 4 is 5.97 Å². The van der Waals surface area contributed by atoms with Gasteiger partial charge >= 0.3 is 5.97 Å². The fourth-order valence-electron chi connectivity index (χ4n) is 3.26. The Labute approximate surface area is 131 Å². The molecule has 2 aliphatic rings. The monoisotopic (exact) mass is 304 g/mol. The predicted molar refractivity (Wildman–Crippen MR) is 84.2 cm³/mol. The molecular weight excluding hydrogens is 280 g/mol. The molecule has 1 atom stereocenters. The van der Waals surface area contributed by atoms with Crippen LogP contribution in [0.2, 0.25) is 0 Å². The summed E-state index contributed by atoms with van der Waals surface area (Å²) in [6.07, 6.45) is 2.59. The first-order chi connectivity index (χ1) is 10.7. The highest BCUT2D eigenvalue weighted by Gasteiger charge is 2.37. The van der Waals surface area contributed by atoms with Crippen LogP contribution in [0.3, 0.4) is 0 Å². The average molecular weight is 304 g/mol. The predicted octanol–water partition coefficient (Wildman–Crippen LogP) is 1.98. The lowest BCUT2D eigenvalue weighted by molar-refractivity contribution is -0.132. The lowest BCUT2D eigenvalue weighted by atomic mass is 9.99. The number of esters is 1. The molecule has 1 aliphatic heterocycles. The Bertz CT molecular complexity index is 537. The van der Waals surface area contributed by atoms with E-state index < -0.39 is 0 Å². The van der Waals surface area contributed by atoms with Crippen LogP contribution in [0.15, 0.2) is 18.2 Å². The molecule has 1 saturated carbocycles. The largest absolute Gasteiger partial charge is 0.493 e. The van der Waals surface area contributed by atoms with E-state index in [0.29, 0.717) is 17.5 Å². The number of nitrogens with zero attached hydrogens (tertiary/aromatic N) is 1. The zero-order chi connectivity index (χ0) is 15.5. The summed E-state index contributed by atoms with van der Waals surface area (Å²) in [4.78, 5) is 13.7. The Hall–Kier alpha value is -1.59. The van der Waals surface area contributed by atoms with Crippen molar-refractivity contribution in [2.24, 2.45) is 5.92 Å². The Balaban J connectivity index is 1.85. The maximum absolute atomic E-state index is 11.2. The van der Waals surface area contributed by atoms with E-state index in [9.17, 15) is 4.79 Å². The molecule has 1 N–H and O–H groups in total. The Morgan fingerprint density at radius 1 is 1.27 bits per heavy atom. The summed E-state index contributed by atoms with van der Waals surface area (Å²) in [5.74, 6) is 1.54. The SMILES string of the molecule is COc1cc([C@@H](C2CC2)N2CCNCC2)ccc1OC(C)=O. The summed E-state index contributed by atoms with van der Waals surface area (Å²) in [7, 11) is 1.61. The van der Waals surface area contributed by atoms with Gasteiger partial charge in [-0.25, -0.2) is 0 Å². The molecule has 22 heavy (non-hydrogen) atoms. The molecule has 1 aromatic rings. The van der Waals surface area contributed by atoms with Crippen LogP contribution in [0.1, 0.15) is 31.4 Å². The number of methoxy groups -OCH3 is 1. The molecule has 0 amide bonds. The van der Waals surface area contributed by atoms with E-state index in [4.69, 9.17) is 9.47 Å². The fraction of sp³-hybridized carbons (Fsp3) is 0.588. The number of carbonyl (C=O) groups is 1. The van der Waals surface area contributed by atoms with Crippen LogP contribution in [0.5, 0.6) is 11.5 Å². The highest BCUT2D eigenvalue weighted by atomic mass is 16.6. The highest BCUT2D eigenvalue weighted by Crippen LogP contribution is 2.46. The minimum atomic E-state index is -0.327. The Kier molecular flexibility index (Phi) is 4.64. The molecule has 1 saturated heterocycles. The maximum atomic E-state index is 11.2. The van der Waals surface area contributed by atoms with Gasteiger partial charge in [0.2, 0.25) is 0 Å². The molecular formula is C17H24N2O3. The smallest absolute Gasteiger partial charge is 0.308 e. The van der Waals surface area contributed by atoms with Crippen molar-refractivity contribution in [3.63, 3.8) is 0 Å². The van der Waals surface area contributed by atoms with Crippen molar-refractivity contribution in [3.05, 3.63) is 23.8 Å². The molecule has 1 heterocycles. The normalized spacial score (nSPS) is 20.5. The third kappa shape index (κ3) is 3.42. The van der Waals surface area contributed by atoms with Gasteiger partial charge in [-0.05, 0) is 36.5 Å². The molecule has 1 aliphatic carbocycles. The van der Waals surface area contributed by atoms with Crippen molar-refractivity contribution in [2.75, 3.05) is 33.3 Å². The zero-order valence-corrected chi connectivity index (χ0v) is 13.3. The van der Waals surface area contributed by atoms with Crippen LogP contribution >= 0.6 is 0 Å². The van der Waals surface area contributed by atoms with Gasteiger partial charge in [0.05, 0.1) is 7.11 Å². The first-order valence-corrected chi connectivity index (χ1v) is 8.00. The third-order valence-electron chi connectivity index (χ3n) is 4.40. The molecule has 0 spiro atoms. The van der Waals surface area contributed by atoms with Crippen molar-refractivity contribution in [3.8, 4) is 11.5 Å². The van der Waals surface area contributed by atoms with Crippen LogP contribution in [0, 0.1) is 5.92 Å². The molecule has 5 nitrogen and oxygen atoms in total. The molecule has 0 unspecified atom stereocenters. The van der Waals surface area contributed by atoms with Crippen LogP contribution in [0.4, 0.5) is 0 Å². The number of piperazine rings is 1. The van der Waals surface area contributed by atoms with Crippen molar-refractivity contribution in [2.45, 2.75) is 25.8 Å². The van der Waals surface area contributed by atoms with Gasteiger partial charge in [0.25, 0.3) is 0 Å². The molecule has 2 fully saturated rings. The van der Waals surface area contributed by atoms with Crippen molar-refractivity contribution < 1.29 is 14.3 Å². The van der Waals surface area contributed by atoms with E-state index in [1.165, 1.54) is 25.3 Å². The lowest BCUT2D eigenvalue weighted by Crippen LogP contribution is -2.45. The van der Waals surface area contributed by atoms with Gasteiger partial charge in [-0.15, -0.1) is 0 Å². The average Bonchev–Trinajstić information content (AvgIpc) is 3.34. The number of nitrogens with one attached hydrogen (secondary N) is 1. The van der Waals surface area contributed by atoms with E-state index in [0.717, 1.165) is 32.1 Å². The molecule has 3 rings (SSSR count). The molecule has 0 aromatic heterocycles. The first kappa shape index (κ1) is 15.3. The second kappa shape index (κ2) is 6.67. The van der Waals surface area contributed by atoms with Crippen LogP contribution < -0.4 is 14.8 Å². The van der Waals surface area contributed by atoms with E-state index in [-0.39, 0.29) is 5.97 Å². The summed E-state index contributed by atoms with van der Waals surface area (Å²) < 4.78 is 10.6. The van der Waals surface area contributed by atoms with Gasteiger partial charge < -0.3 is 14.8 Å². The Morgan fingerprint density at radius 3 is 2.59 bits per heavy atom. The van der Waals surface area contributed by atoms with Crippen LogP contribution in [0.25, 0.3) is 0 Å². The zero-order valence-electron chi connectivity index (χ0n) is 13.3.